The molecule has 284 valence electrons. The van der Waals surface area contributed by atoms with E-state index in [2.05, 4.69) is 148 Å². The van der Waals surface area contributed by atoms with Crippen molar-refractivity contribution in [1.82, 2.24) is 0 Å². The molecular formula is C50H58BNO3. The van der Waals surface area contributed by atoms with Crippen LogP contribution >= 0.6 is 0 Å². The first-order chi connectivity index (χ1) is 26.1. The monoisotopic (exact) mass is 731 g/mol. The number of phenolic OH excluding ortho intramolecular Hbond substituents is 1. The molecule has 0 saturated carbocycles. The van der Waals surface area contributed by atoms with Crippen LogP contribution in [0.5, 0.6) is 5.75 Å². The normalized spacial score (nSPS) is 12.0. The Morgan fingerprint density at radius 1 is 0.564 bits per heavy atom. The zero-order valence-electron chi connectivity index (χ0n) is 34.0. The summed E-state index contributed by atoms with van der Waals surface area (Å²) in [6, 6.07) is 57.4. The number of hydrogen-bond donors (Lipinski definition) is 1. The van der Waals surface area contributed by atoms with Crippen LogP contribution in [0.25, 0.3) is 0 Å². The first-order valence-corrected chi connectivity index (χ1v) is 19.4. The predicted molar refractivity (Wildman–Crippen MR) is 233 cm³/mol. The van der Waals surface area contributed by atoms with E-state index < -0.39 is 6.15 Å². The third kappa shape index (κ3) is 10.0. The van der Waals surface area contributed by atoms with Gasteiger partial charge in [0, 0.05) is 16.7 Å². The lowest BCUT2D eigenvalue weighted by atomic mass is 9.13. The Kier molecular flexibility index (Phi) is 12.9. The first-order valence-electron chi connectivity index (χ1n) is 19.4. The summed E-state index contributed by atoms with van der Waals surface area (Å²) >= 11 is 0. The number of benzene rings is 6. The number of carbonyl (C=O) groups excluding carboxylic acids is 1. The van der Waals surface area contributed by atoms with Gasteiger partial charge in [0.05, 0.1) is 19.7 Å². The molecule has 0 bridgehead atoms. The number of carbonyl (C=O) groups is 1. The van der Waals surface area contributed by atoms with Crippen LogP contribution in [-0.4, -0.2) is 49.0 Å². The molecule has 0 spiro atoms. The number of ether oxygens (including phenoxy) is 1. The molecule has 5 heteroatoms. The molecule has 0 atom stereocenters. The van der Waals surface area contributed by atoms with Gasteiger partial charge in [-0.25, -0.2) is 4.79 Å². The number of esters is 1. The van der Waals surface area contributed by atoms with Crippen molar-refractivity contribution in [2.75, 3.05) is 27.2 Å². The van der Waals surface area contributed by atoms with Crippen molar-refractivity contribution in [3.8, 4) is 5.75 Å². The molecule has 6 aromatic rings. The lowest BCUT2D eigenvalue weighted by Crippen LogP contribution is -2.74. The van der Waals surface area contributed by atoms with E-state index in [-0.39, 0.29) is 22.5 Å². The maximum atomic E-state index is 12.8. The minimum atomic E-state index is -1.22. The molecule has 0 amide bonds. The zero-order chi connectivity index (χ0) is 39.7. The van der Waals surface area contributed by atoms with E-state index in [9.17, 15) is 9.90 Å². The highest BCUT2D eigenvalue weighted by Crippen LogP contribution is 2.40. The highest BCUT2D eigenvalue weighted by Gasteiger charge is 2.31. The van der Waals surface area contributed by atoms with Crippen LogP contribution in [0, 0.1) is 0 Å². The molecule has 0 fully saturated rings. The molecule has 55 heavy (non-hydrogen) atoms. The van der Waals surface area contributed by atoms with Gasteiger partial charge in [0.15, 0.2) is 0 Å². The SMILES string of the molecule is CC(C)(C)c1cc(C(=O)OCC[N+](C)(C)Cc2ccccc2)cc(C(C)(C)C)c1O.c1ccc([B-](c2ccccc2)(c2ccccc2)c2ccccc2)cc1. The summed E-state index contributed by atoms with van der Waals surface area (Å²) in [4.78, 5) is 12.8. The van der Waals surface area contributed by atoms with Gasteiger partial charge in [-0.3, -0.25) is 0 Å². The van der Waals surface area contributed by atoms with E-state index in [4.69, 9.17) is 4.74 Å². The van der Waals surface area contributed by atoms with E-state index in [0.717, 1.165) is 28.7 Å². The minimum absolute atomic E-state index is 0.271. The third-order valence-corrected chi connectivity index (χ3v) is 10.5. The molecule has 0 aliphatic heterocycles. The smallest absolute Gasteiger partial charge is 0.338 e. The summed E-state index contributed by atoms with van der Waals surface area (Å²) in [5.41, 5.74) is 8.08. The molecule has 6 rings (SSSR count). The molecule has 1 N–H and O–H groups in total. The van der Waals surface area contributed by atoms with E-state index in [1.54, 1.807) is 12.1 Å². The lowest BCUT2D eigenvalue weighted by Gasteiger charge is -2.44. The highest BCUT2D eigenvalue weighted by molar-refractivity contribution is 7.19. The lowest BCUT2D eigenvalue weighted by molar-refractivity contribution is -0.903. The number of phenols is 1. The zero-order valence-corrected chi connectivity index (χ0v) is 34.0. The Bertz CT molecular complexity index is 1900. The fraction of sp³-hybridized carbons (Fsp3) is 0.260. The molecule has 0 saturated heterocycles. The standard InChI is InChI=1S/C26H37NO3.C24H20B/c1-25(2,3)21-16-20(17-22(23(21)28)26(4,5)6)24(29)30-15-14-27(7,8)18-19-12-10-9-11-13-19;1-5-13-21(14-6-1)25(22-15-7-2-8-16-22,23-17-9-3-10-18-23)24-19-11-4-12-20-24/h9-13,16-17H,14-15,18H2,1-8H3;1-20H/q;-1/p+1. The molecule has 4 nitrogen and oxygen atoms in total. The van der Waals surface area contributed by atoms with Crippen LogP contribution in [0.4, 0.5) is 0 Å². The molecule has 0 unspecified atom stereocenters. The van der Waals surface area contributed by atoms with Crippen LogP contribution in [0.15, 0.2) is 164 Å². The summed E-state index contributed by atoms with van der Waals surface area (Å²) < 4.78 is 6.37. The van der Waals surface area contributed by atoms with E-state index >= 15 is 0 Å². The van der Waals surface area contributed by atoms with Crippen molar-refractivity contribution >= 4 is 34.0 Å². The van der Waals surface area contributed by atoms with Crippen LogP contribution in [0.2, 0.25) is 0 Å². The molecule has 0 heterocycles. The van der Waals surface area contributed by atoms with Gasteiger partial charge in [0.2, 0.25) is 0 Å². The molecule has 0 aromatic heterocycles. The Balaban J connectivity index is 0.000000214. The fourth-order valence-corrected chi connectivity index (χ4v) is 7.64. The minimum Gasteiger partial charge on any atom is -0.507 e. The molecular weight excluding hydrogens is 673 g/mol. The summed E-state index contributed by atoms with van der Waals surface area (Å²) in [5, 5.41) is 10.8. The van der Waals surface area contributed by atoms with E-state index in [0.29, 0.717) is 12.2 Å². The van der Waals surface area contributed by atoms with Gasteiger partial charge in [0.25, 0.3) is 0 Å². The van der Waals surface area contributed by atoms with Gasteiger partial charge < -0.3 is 14.3 Å². The van der Waals surface area contributed by atoms with Crippen LogP contribution < -0.4 is 21.9 Å². The van der Waals surface area contributed by atoms with Crippen molar-refractivity contribution in [3.63, 3.8) is 0 Å². The van der Waals surface area contributed by atoms with Crippen LogP contribution in [0.3, 0.4) is 0 Å². The number of quaternary nitrogens is 1. The van der Waals surface area contributed by atoms with Gasteiger partial charge >= 0.3 is 5.97 Å². The first kappa shape index (κ1) is 40.8. The third-order valence-electron chi connectivity index (χ3n) is 10.5. The van der Waals surface area contributed by atoms with Gasteiger partial charge in [-0.15, -0.1) is 0 Å². The second-order valence-electron chi connectivity index (χ2n) is 17.4. The Hall–Kier alpha value is -5.39. The van der Waals surface area contributed by atoms with Gasteiger partial charge in [-0.1, -0.05) is 193 Å². The van der Waals surface area contributed by atoms with Crippen molar-refractivity contribution in [1.29, 1.82) is 0 Å². The number of rotatable bonds is 10. The van der Waals surface area contributed by atoms with Gasteiger partial charge in [-0.2, -0.15) is 21.9 Å². The van der Waals surface area contributed by atoms with Gasteiger partial charge in [0.1, 0.15) is 31.6 Å². The Labute approximate surface area is 330 Å². The fourth-order valence-electron chi connectivity index (χ4n) is 7.64. The van der Waals surface area contributed by atoms with E-state index in [1.807, 2.05) is 59.7 Å². The molecule has 6 aromatic carbocycles. The molecule has 0 aliphatic rings. The molecule has 0 radical (unpaired) electrons. The number of hydrogen-bond acceptors (Lipinski definition) is 3. The summed E-state index contributed by atoms with van der Waals surface area (Å²) in [6.07, 6.45) is -1.22. The topological polar surface area (TPSA) is 46.5 Å². The highest BCUT2D eigenvalue weighted by atomic mass is 16.5. The number of nitrogens with zero attached hydrogens (tertiary/aromatic N) is 1. The summed E-state index contributed by atoms with van der Waals surface area (Å²) in [7, 11) is 4.27. The van der Waals surface area contributed by atoms with Crippen molar-refractivity contribution in [2.45, 2.75) is 58.9 Å². The summed E-state index contributed by atoms with van der Waals surface area (Å²) in [6.45, 7) is 14.1. The van der Waals surface area contributed by atoms with Crippen molar-refractivity contribution < 1.29 is 19.1 Å². The maximum Gasteiger partial charge on any atom is 0.338 e. The number of aromatic hydroxyl groups is 1. The molecule has 0 aliphatic carbocycles. The van der Waals surface area contributed by atoms with E-state index in [1.165, 1.54) is 27.4 Å². The Morgan fingerprint density at radius 3 is 1.22 bits per heavy atom. The quantitative estimate of drug-likeness (QED) is 0.0874. The van der Waals surface area contributed by atoms with Crippen molar-refractivity contribution in [2.24, 2.45) is 0 Å². The average molecular weight is 732 g/mol. The Morgan fingerprint density at radius 2 is 0.891 bits per heavy atom. The number of likely N-dealkylation sites (N-methyl/N-ethyl adjacent to an activating group) is 1. The average Bonchev–Trinajstić information content (AvgIpc) is 3.16. The maximum absolute atomic E-state index is 12.8. The van der Waals surface area contributed by atoms with Crippen LogP contribution in [-0.2, 0) is 22.1 Å². The van der Waals surface area contributed by atoms with Gasteiger partial charge in [-0.05, 0) is 23.0 Å². The van der Waals surface area contributed by atoms with Crippen LogP contribution in [0.1, 0.15) is 68.6 Å². The van der Waals surface area contributed by atoms with Crippen molar-refractivity contribution in [3.05, 3.63) is 186 Å². The second-order valence-corrected chi connectivity index (χ2v) is 17.4. The largest absolute Gasteiger partial charge is 0.507 e. The predicted octanol–water partition coefficient (Wildman–Crippen LogP) is 8.48. The summed E-state index contributed by atoms with van der Waals surface area (Å²) in [5.74, 6) is -0.0714. The second kappa shape index (κ2) is 17.4.